The summed E-state index contributed by atoms with van der Waals surface area (Å²) in [5.41, 5.74) is 1.26. The molecule has 3 heteroatoms. The molecule has 0 aliphatic carbocycles. The van der Waals surface area contributed by atoms with Crippen molar-refractivity contribution in [3.8, 4) is 11.5 Å². The van der Waals surface area contributed by atoms with Crippen LogP contribution in [0.2, 0.25) is 0 Å². The minimum Gasteiger partial charge on any atom is -0.457 e. The summed E-state index contributed by atoms with van der Waals surface area (Å²) in [4.78, 5) is 2.42. The second-order valence-corrected chi connectivity index (χ2v) is 5.99. The molecule has 0 unspecified atom stereocenters. The third-order valence-electron chi connectivity index (χ3n) is 4.14. The number of likely N-dealkylation sites (tertiary alicyclic amines) is 1. The Balaban J connectivity index is 1.64. The first kappa shape index (κ1) is 15.1. The van der Waals surface area contributed by atoms with Gasteiger partial charge in [-0.15, -0.1) is 0 Å². The standard InChI is InChI=1S/C19H23NO2/c21-15-17-7-5-11-20(14-17)13-16-6-4-10-19(12-16)22-18-8-2-1-3-9-18/h1-4,6,8-10,12,17,21H,5,7,11,13-15H2/t17-/m0/s1. The molecular formula is C19H23NO2. The Bertz CT molecular complexity index is 585. The average molecular weight is 297 g/mol. The van der Waals surface area contributed by atoms with Gasteiger partial charge in [-0.2, -0.15) is 0 Å². The third-order valence-corrected chi connectivity index (χ3v) is 4.14. The molecule has 1 saturated heterocycles. The highest BCUT2D eigenvalue weighted by atomic mass is 16.5. The van der Waals surface area contributed by atoms with Gasteiger partial charge in [-0.3, -0.25) is 4.90 Å². The number of aliphatic hydroxyl groups is 1. The molecule has 0 spiro atoms. The highest BCUT2D eigenvalue weighted by molar-refractivity contribution is 5.33. The number of benzene rings is 2. The maximum atomic E-state index is 9.34. The lowest BCUT2D eigenvalue weighted by Gasteiger charge is -2.31. The average Bonchev–Trinajstić information content (AvgIpc) is 2.56. The first-order valence-corrected chi connectivity index (χ1v) is 7.98. The Morgan fingerprint density at radius 3 is 2.68 bits per heavy atom. The molecule has 0 saturated carbocycles. The molecule has 1 heterocycles. The third kappa shape index (κ3) is 4.09. The molecule has 2 aromatic carbocycles. The number of ether oxygens (including phenoxy) is 1. The number of hydrogen-bond donors (Lipinski definition) is 1. The zero-order valence-corrected chi connectivity index (χ0v) is 12.8. The summed E-state index contributed by atoms with van der Waals surface area (Å²) in [5, 5.41) is 9.34. The highest BCUT2D eigenvalue weighted by Crippen LogP contribution is 2.23. The van der Waals surface area contributed by atoms with Gasteiger partial charge in [0, 0.05) is 19.7 Å². The van der Waals surface area contributed by atoms with Gasteiger partial charge in [-0.25, -0.2) is 0 Å². The van der Waals surface area contributed by atoms with Gasteiger partial charge in [0.25, 0.3) is 0 Å². The normalized spacial score (nSPS) is 19.0. The smallest absolute Gasteiger partial charge is 0.127 e. The van der Waals surface area contributed by atoms with Crippen LogP contribution in [0.1, 0.15) is 18.4 Å². The van der Waals surface area contributed by atoms with Crippen LogP contribution < -0.4 is 4.74 Å². The monoisotopic (exact) mass is 297 g/mol. The summed E-state index contributed by atoms with van der Waals surface area (Å²) in [6.07, 6.45) is 2.32. The Morgan fingerprint density at radius 1 is 1.05 bits per heavy atom. The second-order valence-electron chi connectivity index (χ2n) is 5.99. The van der Waals surface area contributed by atoms with Crippen LogP contribution in [0.3, 0.4) is 0 Å². The molecule has 1 N–H and O–H groups in total. The summed E-state index contributed by atoms with van der Waals surface area (Å²) < 4.78 is 5.89. The van der Waals surface area contributed by atoms with Gasteiger partial charge < -0.3 is 9.84 Å². The summed E-state index contributed by atoms with van der Waals surface area (Å²) in [6, 6.07) is 18.1. The quantitative estimate of drug-likeness (QED) is 0.913. The van der Waals surface area contributed by atoms with E-state index in [2.05, 4.69) is 17.0 Å². The summed E-state index contributed by atoms with van der Waals surface area (Å²) in [7, 11) is 0. The molecule has 0 amide bonds. The van der Waals surface area contributed by atoms with Gasteiger partial charge in [-0.05, 0) is 55.1 Å². The molecular weight excluding hydrogens is 274 g/mol. The van der Waals surface area contributed by atoms with Crippen LogP contribution in [0.25, 0.3) is 0 Å². The fourth-order valence-corrected chi connectivity index (χ4v) is 3.03. The van der Waals surface area contributed by atoms with Crippen molar-refractivity contribution < 1.29 is 9.84 Å². The van der Waals surface area contributed by atoms with Crippen LogP contribution >= 0.6 is 0 Å². The zero-order chi connectivity index (χ0) is 15.2. The van der Waals surface area contributed by atoms with E-state index in [-0.39, 0.29) is 0 Å². The van der Waals surface area contributed by atoms with Crippen LogP contribution in [-0.4, -0.2) is 29.7 Å². The van der Waals surface area contributed by atoms with Crippen LogP contribution in [0, 0.1) is 5.92 Å². The number of piperidine rings is 1. The van der Waals surface area contributed by atoms with E-state index in [1.165, 1.54) is 12.0 Å². The molecule has 1 aliphatic rings. The Morgan fingerprint density at radius 2 is 1.86 bits per heavy atom. The maximum Gasteiger partial charge on any atom is 0.127 e. The van der Waals surface area contributed by atoms with Gasteiger partial charge in [-0.1, -0.05) is 30.3 Å². The second kappa shape index (κ2) is 7.43. The number of aliphatic hydroxyl groups excluding tert-OH is 1. The summed E-state index contributed by atoms with van der Waals surface area (Å²) in [5.74, 6) is 2.16. The summed E-state index contributed by atoms with van der Waals surface area (Å²) >= 11 is 0. The molecule has 22 heavy (non-hydrogen) atoms. The number of rotatable bonds is 5. The van der Waals surface area contributed by atoms with Gasteiger partial charge in [0.05, 0.1) is 0 Å². The molecule has 116 valence electrons. The van der Waals surface area contributed by atoms with E-state index in [9.17, 15) is 5.11 Å². The van der Waals surface area contributed by atoms with E-state index in [0.717, 1.165) is 37.6 Å². The van der Waals surface area contributed by atoms with Crippen molar-refractivity contribution in [3.63, 3.8) is 0 Å². The van der Waals surface area contributed by atoms with Crippen molar-refractivity contribution in [3.05, 3.63) is 60.2 Å². The molecule has 0 bridgehead atoms. The number of hydrogen-bond acceptors (Lipinski definition) is 3. The molecule has 0 aromatic heterocycles. The highest BCUT2D eigenvalue weighted by Gasteiger charge is 2.19. The first-order valence-electron chi connectivity index (χ1n) is 7.98. The molecule has 1 aliphatic heterocycles. The van der Waals surface area contributed by atoms with Gasteiger partial charge >= 0.3 is 0 Å². The fourth-order valence-electron chi connectivity index (χ4n) is 3.03. The van der Waals surface area contributed by atoms with E-state index in [1.807, 2.05) is 42.5 Å². The van der Waals surface area contributed by atoms with Crippen molar-refractivity contribution in [1.29, 1.82) is 0 Å². The lowest BCUT2D eigenvalue weighted by atomic mass is 9.98. The van der Waals surface area contributed by atoms with Crippen LogP contribution in [0.4, 0.5) is 0 Å². The van der Waals surface area contributed by atoms with E-state index >= 15 is 0 Å². The topological polar surface area (TPSA) is 32.7 Å². The van der Waals surface area contributed by atoms with Crippen molar-refractivity contribution in [2.45, 2.75) is 19.4 Å². The van der Waals surface area contributed by atoms with Gasteiger partial charge in [0.1, 0.15) is 11.5 Å². The molecule has 2 aromatic rings. The fraction of sp³-hybridized carbons (Fsp3) is 0.368. The van der Waals surface area contributed by atoms with Gasteiger partial charge in [0.15, 0.2) is 0 Å². The van der Waals surface area contributed by atoms with Crippen LogP contribution in [0.5, 0.6) is 11.5 Å². The number of para-hydroxylation sites is 1. The Labute approximate surface area is 132 Å². The van der Waals surface area contributed by atoms with E-state index in [0.29, 0.717) is 12.5 Å². The predicted octanol–water partition coefficient (Wildman–Crippen LogP) is 3.68. The van der Waals surface area contributed by atoms with E-state index in [4.69, 9.17) is 4.74 Å². The van der Waals surface area contributed by atoms with Crippen LogP contribution in [-0.2, 0) is 6.54 Å². The molecule has 3 rings (SSSR count). The van der Waals surface area contributed by atoms with Crippen molar-refractivity contribution >= 4 is 0 Å². The lowest BCUT2D eigenvalue weighted by Crippen LogP contribution is -2.36. The number of nitrogens with zero attached hydrogens (tertiary/aromatic N) is 1. The maximum absolute atomic E-state index is 9.34. The van der Waals surface area contributed by atoms with Crippen molar-refractivity contribution in [2.75, 3.05) is 19.7 Å². The van der Waals surface area contributed by atoms with E-state index < -0.39 is 0 Å². The largest absolute Gasteiger partial charge is 0.457 e. The molecule has 0 radical (unpaired) electrons. The summed E-state index contributed by atoms with van der Waals surface area (Å²) in [6.45, 7) is 3.32. The minimum atomic E-state index is 0.299. The molecule has 1 fully saturated rings. The predicted molar refractivity (Wildman–Crippen MR) is 88.0 cm³/mol. The van der Waals surface area contributed by atoms with Crippen molar-refractivity contribution in [1.82, 2.24) is 4.90 Å². The first-order chi connectivity index (χ1) is 10.8. The minimum absolute atomic E-state index is 0.299. The SMILES string of the molecule is OC[C@H]1CCCN(Cc2cccc(Oc3ccccc3)c2)C1. The van der Waals surface area contributed by atoms with E-state index in [1.54, 1.807) is 0 Å². The molecule has 1 atom stereocenters. The lowest BCUT2D eigenvalue weighted by molar-refractivity contribution is 0.116. The molecule has 3 nitrogen and oxygen atoms in total. The Hall–Kier alpha value is -1.84. The van der Waals surface area contributed by atoms with Crippen molar-refractivity contribution in [2.24, 2.45) is 5.92 Å². The van der Waals surface area contributed by atoms with Crippen LogP contribution in [0.15, 0.2) is 54.6 Å². The zero-order valence-electron chi connectivity index (χ0n) is 12.8. The van der Waals surface area contributed by atoms with Gasteiger partial charge in [0.2, 0.25) is 0 Å². The Kier molecular flexibility index (Phi) is 5.09.